The maximum absolute atomic E-state index is 13.3. The van der Waals surface area contributed by atoms with Crippen molar-refractivity contribution in [3.05, 3.63) is 71.3 Å². The Morgan fingerprint density at radius 3 is 1.77 bits per heavy atom. The molecule has 134 valence electrons. The van der Waals surface area contributed by atoms with Crippen molar-refractivity contribution in [1.82, 2.24) is 9.80 Å². The van der Waals surface area contributed by atoms with Gasteiger partial charge in [-0.1, -0.05) is 30.2 Å². The van der Waals surface area contributed by atoms with Crippen LogP contribution in [0.2, 0.25) is 0 Å². The van der Waals surface area contributed by atoms with Gasteiger partial charge in [-0.25, -0.2) is 8.78 Å². The maximum atomic E-state index is 13.3. The molecule has 1 aliphatic heterocycles. The number of nitrogens with zero attached hydrogens (tertiary/aromatic N) is 2. The Labute approximate surface area is 152 Å². The second-order valence-corrected chi connectivity index (χ2v) is 6.21. The fraction of sp³-hybridized carbons (Fsp3) is 0.286. The van der Waals surface area contributed by atoms with Crippen LogP contribution in [0, 0.1) is 23.5 Å². The van der Waals surface area contributed by atoms with E-state index in [4.69, 9.17) is 0 Å². The van der Waals surface area contributed by atoms with Crippen molar-refractivity contribution in [1.29, 1.82) is 0 Å². The zero-order valence-electron chi connectivity index (χ0n) is 14.6. The van der Waals surface area contributed by atoms with E-state index in [1.54, 1.807) is 36.1 Å². The first-order chi connectivity index (χ1) is 12.6. The largest absolute Gasteiger partial charge is 0.329 e. The predicted molar refractivity (Wildman–Crippen MR) is 96.2 cm³/mol. The summed E-state index contributed by atoms with van der Waals surface area (Å²) in [7, 11) is 0. The van der Waals surface area contributed by atoms with Gasteiger partial charge < -0.3 is 4.90 Å². The lowest BCUT2D eigenvalue weighted by Gasteiger charge is -2.39. The third-order valence-electron chi connectivity index (χ3n) is 4.57. The summed E-state index contributed by atoms with van der Waals surface area (Å²) >= 11 is 0. The van der Waals surface area contributed by atoms with Crippen LogP contribution < -0.4 is 0 Å². The summed E-state index contributed by atoms with van der Waals surface area (Å²) < 4.78 is 26.7. The van der Waals surface area contributed by atoms with Gasteiger partial charge in [-0.15, -0.1) is 0 Å². The molecule has 3 nitrogen and oxygen atoms in total. The highest BCUT2D eigenvalue weighted by atomic mass is 19.1. The average Bonchev–Trinajstić information content (AvgIpc) is 2.66. The fourth-order valence-corrected chi connectivity index (χ4v) is 3.27. The van der Waals surface area contributed by atoms with E-state index in [9.17, 15) is 13.6 Å². The minimum Gasteiger partial charge on any atom is -0.329 e. The third-order valence-corrected chi connectivity index (χ3v) is 4.57. The third kappa shape index (κ3) is 4.09. The van der Waals surface area contributed by atoms with Crippen LogP contribution in [0.4, 0.5) is 8.78 Å². The van der Waals surface area contributed by atoms with Crippen LogP contribution in [0.3, 0.4) is 0 Å². The molecule has 0 aromatic heterocycles. The van der Waals surface area contributed by atoms with E-state index < -0.39 is 0 Å². The minimum absolute atomic E-state index is 0.120. The minimum atomic E-state index is -0.292. The zero-order chi connectivity index (χ0) is 18.5. The van der Waals surface area contributed by atoms with Crippen molar-refractivity contribution in [3.8, 4) is 11.8 Å². The van der Waals surface area contributed by atoms with E-state index in [2.05, 4.69) is 16.7 Å². The lowest BCUT2D eigenvalue weighted by Crippen LogP contribution is -2.49. The number of benzene rings is 2. The molecule has 1 saturated heterocycles. The summed E-state index contributed by atoms with van der Waals surface area (Å²) in [6, 6.07) is 12.6. The molecule has 1 amide bonds. The Morgan fingerprint density at radius 1 is 0.885 bits per heavy atom. The Morgan fingerprint density at radius 2 is 1.35 bits per heavy atom. The normalized spacial score (nSPS) is 14.8. The van der Waals surface area contributed by atoms with E-state index in [-0.39, 0.29) is 23.6 Å². The zero-order valence-corrected chi connectivity index (χ0v) is 14.6. The molecule has 0 saturated carbocycles. The smallest absolute Gasteiger partial charge is 0.298 e. The highest BCUT2D eigenvalue weighted by Gasteiger charge is 2.27. The average molecular weight is 354 g/mol. The highest BCUT2D eigenvalue weighted by molar-refractivity contribution is 5.93. The van der Waals surface area contributed by atoms with Gasteiger partial charge in [-0.2, -0.15) is 0 Å². The van der Waals surface area contributed by atoms with Crippen LogP contribution in [0.25, 0.3) is 0 Å². The number of carbonyl (C=O) groups is 1. The van der Waals surface area contributed by atoms with Crippen molar-refractivity contribution in [2.45, 2.75) is 13.0 Å². The van der Waals surface area contributed by atoms with Crippen molar-refractivity contribution in [3.63, 3.8) is 0 Å². The van der Waals surface area contributed by atoms with Gasteiger partial charge in [0, 0.05) is 26.2 Å². The van der Waals surface area contributed by atoms with Crippen molar-refractivity contribution < 1.29 is 13.6 Å². The number of rotatable bonds is 3. The number of amides is 1. The second-order valence-electron chi connectivity index (χ2n) is 6.21. The van der Waals surface area contributed by atoms with Crippen LogP contribution in [-0.2, 0) is 4.79 Å². The van der Waals surface area contributed by atoms with Crippen LogP contribution in [-0.4, -0.2) is 41.9 Å². The number of hydrogen-bond donors (Lipinski definition) is 0. The quantitative estimate of drug-likeness (QED) is 0.790. The van der Waals surface area contributed by atoms with E-state index in [0.717, 1.165) is 11.1 Å². The second kappa shape index (κ2) is 8.11. The topological polar surface area (TPSA) is 23.6 Å². The monoisotopic (exact) mass is 354 g/mol. The number of halogens is 2. The molecule has 1 heterocycles. The summed E-state index contributed by atoms with van der Waals surface area (Å²) in [4.78, 5) is 15.9. The first-order valence-electron chi connectivity index (χ1n) is 8.55. The highest BCUT2D eigenvalue weighted by Crippen LogP contribution is 2.30. The van der Waals surface area contributed by atoms with Crippen molar-refractivity contribution >= 4 is 5.91 Å². The number of carbonyl (C=O) groups excluding carboxylic acids is 1. The molecule has 26 heavy (non-hydrogen) atoms. The molecule has 2 aromatic rings. The Balaban J connectivity index is 1.84. The lowest BCUT2D eigenvalue weighted by molar-refractivity contribution is -0.127. The molecular weight excluding hydrogens is 334 g/mol. The van der Waals surface area contributed by atoms with Gasteiger partial charge in [0.2, 0.25) is 0 Å². The molecule has 0 unspecified atom stereocenters. The molecule has 0 radical (unpaired) electrons. The van der Waals surface area contributed by atoms with E-state index in [1.807, 2.05) is 0 Å². The molecule has 0 bridgehead atoms. The Hall–Kier alpha value is -2.71. The predicted octanol–water partition coefficient (Wildman–Crippen LogP) is 3.22. The molecule has 2 aromatic carbocycles. The summed E-state index contributed by atoms with van der Waals surface area (Å²) in [5, 5.41) is 0. The van der Waals surface area contributed by atoms with Gasteiger partial charge in [0.25, 0.3) is 5.91 Å². The molecule has 3 rings (SSSR count). The van der Waals surface area contributed by atoms with E-state index in [0.29, 0.717) is 26.2 Å². The molecule has 0 spiro atoms. The summed E-state index contributed by atoms with van der Waals surface area (Å²) in [6.07, 6.45) is 0. The SMILES string of the molecule is CC#CC(=O)N1CCN(C(c2ccc(F)cc2)c2ccc(F)cc2)CC1. The van der Waals surface area contributed by atoms with Gasteiger partial charge in [0.05, 0.1) is 6.04 Å². The fourth-order valence-electron chi connectivity index (χ4n) is 3.27. The molecule has 0 aliphatic carbocycles. The maximum Gasteiger partial charge on any atom is 0.298 e. The lowest BCUT2D eigenvalue weighted by atomic mass is 9.96. The van der Waals surface area contributed by atoms with Gasteiger partial charge in [-0.05, 0) is 48.2 Å². The van der Waals surface area contributed by atoms with E-state index >= 15 is 0 Å². The van der Waals surface area contributed by atoms with Gasteiger partial charge in [-0.3, -0.25) is 9.69 Å². The van der Waals surface area contributed by atoms with Crippen LogP contribution in [0.1, 0.15) is 24.1 Å². The summed E-state index contributed by atoms with van der Waals surface area (Å²) in [5.41, 5.74) is 1.87. The van der Waals surface area contributed by atoms with Gasteiger partial charge in [0.15, 0.2) is 0 Å². The van der Waals surface area contributed by atoms with Crippen LogP contribution >= 0.6 is 0 Å². The van der Waals surface area contributed by atoms with Gasteiger partial charge in [0.1, 0.15) is 11.6 Å². The number of piperazine rings is 1. The summed E-state index contributed by atoms with van der Waals surface area (Å²) in [5.74, 6) is 4.46. The Bertz CT molecular complexity index is 768. The molecule has 0 N–H and O–H groups in total. The first kappa shape index (κ1) is 18.1. The molecular formula is C21H20F2N2O. The van der Waals surface area contributed by atoms with Crippen molar-refractivity contribution in [2.24, 2.45) is 0 Å². The standard InChI is InChI=1S/C21H20F2N2O/c1-2-3-20(26)24-12-14-25(15-13-24)21(16-4-8-18(22)9-5-16)17-6-10-19(23)11-7-17/h4-11,21H,12-15H2,1H3. The van der Waals surface area contributed by atoms with Gasteiger partial charge >= 0.3 is 0 Å². The summed E-state index contributed by atoms with van der Waals surface area (Å²) in [6.45, 7) is 4.12. The molecule has 1 aliphatic rings. The molecule has 5 heteroatoms. The first-order valence-corrected chi connectivity index (χ1v) is 8.55. The molecule has 0 atom stereocenters. The van der Waals surface area contributed by atoms with Crippen LogP contribution in [0.15, 0.2) is 48.5 Å². The number of hydrogen-bond acceptors (Lipinski definition) is 2. The van der Waals surface area contributed by atoms with E-state index in [1.165, 1.54) is 24.3 Å². The van der Waals surface area contributed by atoms with Crippen molar-refractivity contribution in [2.75, 3.05) is 26.2 Å². The molecule has 1 fully saturated rings. The van der Waals surface area contributed by atoms with Crippen LogP contribution in [0.5, 0.6) is 0 Å². The Kier molecular flexibility index (Phi) is 5.65.